The normalized spacial score (nSPS) is 14.5. The number of carbonyl (C=O) groups is 3. The number of nitrogens with zero attached hydrogens (tertiary/aromatic N) is 3. The number of hydrogen-bond donors (Lipinski definition) is 2. The van der Waals surface area contributed by atoms with Gasteiger partial charge in [-0.1, -0.05) is 75.9 Å². The molecule has 2 atom stereocenters. The van der Waals surface area contributed by atoms with Crippen LogP contribution < -0.4 is 14.8 Å². The van der Waals surface area contributed by atoms with Gasteiger partial charge in [-0.05, 0) is 66.8 Å². The van der Waals surface area contributed by atoms with Crippen LogP contribution in [0.4, 0.5) is 0 Å². The highest BCUT2D eigenvalue weighted by atomic mass is 16.5. The van der Waals surface area contributed by atoms with Gasteiger partial charge in [0.2, 0.25) is 5.91 Å². The molecular weight excluding hydrogens is 644 g/mol. The molecule has 0 bridgehead atoms. The van der Waals surface area contributed by atoms with E-state index < -0.39 is 23.8 Å². The second-order valence-electron chi connectivity index (χ2n) is 13.0. The molecule has 1 aliphatic rings. The molecule has 5 rings (SSSR count). The van der Waals surface area contributed by atoms with Gasteiger partial charge >= 0.3 is 5.97 Å². The van der Waals surface area contributed by atoms with Gasteiger partial charge in [0.1, 0.15) is 17.5 Å². The highest BCUT2D eigenvalue weighted by molar-refractivity contribution is 5.98. The number of benzene rings is 3. The average Bonchev–Trinajstić information content (AvgIpc) is 3.67. The maximum atomic E-state index is 13.7. The lowest BCUT2D eigenvalue weighted by Gasteiger charge is -2.24. The van der Waals surface area contributed by atoms with Gasteiger partial charge in [0.15, 0.2) is 5.82 Å². The van der Waals surface area contributed by atoms with Gasteiger partial charge in [-0.3, -0.25) is 14.4 Å². The standard InChI is InChI=1S/C41H48N4O6/c1-3-5-6-7-8-24-51-36-17-13-30(14-18-36)34-26-42-38(43-27-34)31-11-9-29(10-12-31)25-37(40(47)45-22-21-33(28-45)41(48)49)44-39(46)32-15-19-35(20-16-32)50-23-4-2/h9-20,26-27,33,37H,3-8,21-25,28H2,1-2H3,(H,44,46)(H,48,49)/t33-,37-/m0/s1. The monoisotopic (exact) mass is 692 g/mol. The van der Waals surface area contributed by atoms with Crippen molar-refractivity contribution < 1.29 is 29.0 Å². The van der Waals surface area contributed by atoms with E-state index in [4.69, 9.17) is 9.47 Å². The van der Waals surface area contributed by atoms with E-state index in [-0.39, 0.29) is 18.9 Å². The maximum absolute atomic E-state index is 13.7. The van der Waals surface area contributed by atoms with Gasteiger partial charge in [-0.15, -0.1) is 0 Å². The topological polar surface area (TPSA) is 131 Å². The Morgan fingerprint density at radius 1 is 0.784 bits per heavy atom. The molecule has 0 saturated carbocycles. The summed E-state index contributed by atoms with van der Waals surface area (Å²) in [4.78, 5) is 49.3. The number of likely N-dealkylation sites (tertiary alicyclic amines) is 1. The van der Waals surface area contributed by atoms with E-state index >= 15 is 0 Å². The summed E-state index contributed by atoms with van der Waals surface area (Å²) in [5.41, 5.74) is 3.94. The SMILES string of the molecule is CCCCCCCOc1ccc(-c2cnc(-c3ccc(C[C@H](NC(=O)c4ccc(OCCC)cc4)C(=O)N4CC[C@H](C(=O)O)C4)cc3)nc2)cc1. The molecule has 268 valence electrons. The van der Waals surface area contributed by atoms with Crippen molar-refractivity contribution in [3.8, 4) is 34.0 Å². The molecule has 10 nitrogen and oxygen atoms in total. The van der Waals surface area contributed by atoms with E-state index in [9.17, 15) is 19.5 Å². The van der Waals surface area contributed by atoms with Crippen molar-refractivity contribution in [2.45, 2.75) is 71.3 Å². The second kappa shape index (κ2) is 18.7. The van der Waals surface area contributed by atoms with Crippen LogP contribution in [0.1, 0.15) is 74.7 Å². The van der Waals surface area contributed by atoms with Crippen LogP contribution in [0, 0.1) is 5.92 Å². The van der Waals surface area contributed by atoms with Gasteiger partial charge in [-0.25, -0.2) is 9.97 Å². The summed E-state index contributed by atoms with van der Waals surface area (Å²) in [6.07, 6.45) is 11.1. The first-order valence-electron chi connectivity index (χ1n) is 18.0. The highest BCUT2D eigenvalue weighted by Gasteiger charge is 2.35. The summed E-state index contributed by atoms with van der Waals surface area (Å²) in [6.45, 7) is 5.98. The van der Waals surface area contributed by atoms with Crippen molar-refractivity contribution in [3.63, 3.8) is 0 Å². The summed E-state index contributed by atoms with van der Waals surface area (Å²) < 4.78 is 11.5. The van der Waals surface area contributed by atoms with Crippen LogP contribution in [-0.4, -0.2) is 70.1 Å². The Morgan fingerprint density at radius 3 is 2.04 bits per heavy atom. The van der Waals surface area contributed by atoms with Crippen molar-refractivity contribution >= 4 is 17.8 Å². The third kappa shape index (κ3) is 10.6. The van der Waals surface area contributed by atoms with E-state index in [1.54, 1.807) is 36.7 Å². The van der Waals surface area contributed by atoms with Crippen LogP contribution >= 0.6 is 0 Å². The third-order valence-corrected chi connectivity index (χ3v) is 9.05. The predicted octanol–water partition coefficient (Wildman–Crippen LogP) is 7.22. The fourth-order valence-corrected chi connectivity index (χ4v) is 6.04. The fourth-order valence-electron chi connectivity index (χ4n) is 6.04. The lowest BCUT2D eigenvalue weighted by atomic mass is 10.0. The van der Waals surface area contributed by atoms with Gasteiger partial charge in [-0.2, -0.15) is 0 Å². The van der Waals surface area contributed by atoms with Crippen molar-refractivity contribution in [3.05, 3.63) is 96.3 Å². The molecule has 2 heterocycles. The Morgan fingerprint density at radius 2 is 1.41 bits per heavy atom. The van der Waals surface area contributed by atoms with E-state index in [1.165, 1.54) is 30.6 Å². The number of carboxylic acid groups (broad SMARTS) is 1. The lowest BCUT2D eigenvalue weighted by molar-refractivity contribution is -0.141. The Labute approximate surface area is 300 Å². The van der Waals surface area contributed by atoms with Gasteiger partial charge in [0.05, 0.1) is 19.1 Å². The average molecular weight is 693 g/mol. The number of rotatable bonds is 18. The molecule has 51 heavy (non-hydrogen) atoms. The van der Waals surface area contributed by atoms with Gasteiger partial charge in [0.25, 0.3) is 5.91 Å². The molecule has 1 saturated heterocycles. The van der Waals surface area contributed by atoms with Crippen LogP contribution in [-0.2, 0) is 16.0 Å². The predicted molar refractivity (Wildman–Crippen MR) is 197 cm³/mol. The van der Waals surface area contributed by atoms with Gasteiger partial charge in [0, 0.05) is 48.6 Å². The van der Waals surface area contributed by atoms with E-state index in [0.717, 1.165) is 47.5 Å². The number of carboxylic acids is 1. The molecule has 4 aromatic rings. The number of aliphatic carboxylic acids is 1. The number of ether oxygens (including phenoxy) is 2. The molecule has 2 amide bonds. The second-order valence-corrected chi connectivity index (χ2v) is 13.0. The smallest absolute Gasteiger partial charge is 0.308 e. The molecule has 3 aromatic carbocycles. The molecule has 0 spiro atoms. The zero-order valence-electron chi connectivity index (χ0n) is 29.6. The number of carbonyl (C=O) groups excluding carboxylic acids is 2. The molecule has 1 fully saturated rings. The molecule has 0 radical (unpaired) electrons. The zero-order valence-corrected chi connectivity index (χ0v) is 29.6. The van der Waals surface area contributed by atoms with E-state index in [1.807, 2.05) is 55.5 Å². The Kier molecular flexibility index (Phi) is 13.5. The molecule has 2 N–H and O–H groups in total. The summed E-state index contributed by atoms with van der Waals surface area (Å²) >= 11 is 0. The Hall–Kier alpha value is -5.25. The van der Waals surface area contributed by atoms with Crippen molar-refractivity contribution in [2.24, 2.45) is 5.92 Å². The van der Waals surface area contributed by atoms with E-state index in [0.29, 0.717) is 36.7 Å². The molecule has 1 aromatic heterocycles. The minimum Gasteiger partial charge on any atom is -0.494 e. The lowest BCUT2D eigenvalue weighted by Crippen LogP contribution is -2.49. The maximum Gasteiger partial charge on any atom is 0.308 e. The first-order chi connectivity index (χ1) is 24.8. The number of aromatic nitrogens is 2. The molecular formula is C41H48N4O6. The van der Waals surface area contributed by atoms with Crippen molar-refractivity contribution in [1.82, 2.24) is 20.2 Å². The van der Waals surface area contributed by atoms with Crippen molar-refractivity contribution in [1.29, 1.82) is 0 Å². The highest BCUT2D eigenvalue weighted by Crippen LogP contribution is 2.24. The van der Waals surface area contributed by atoms with Crippen LogP contribution in [0.2, 0.25) is 0 Å². The quantitative estimate of drug-likeness (QED) is 0.105. The van der Waals surface area contributed by atoms with Gasteiger partial charge < -0.3 is 24.8 Å². The number of hydrogen-bond acceptors (Lipinski definition) is 7. The summed E-state index contributed by atoms with van der Waals surface area (Å²) in [5, 5.41) is 12.4. The molecule has 0 unspecified atom stereocenters. The van der Waals surface area contributed by atoms with Crippen LogP contribution in [0.3, 0.4) is 0 Å². The van der Waals surface area contributed by atoms with Crippen LogP contribution in [0.5, 0.6) is 11.5 Å². The summed E-state index contributed by atoms with van der Waals surface area (Å²) in [6, 6.07) is 21.5. The largest absolute Gasteiger partial charge is 0.494 e. The number of unbranched alkanes of at least 4 members (excludes halogenated alkanes) is 4. The van der Waals surface area contributed by atoms with Crippen LogP contribution in [0.25, 0.3) is 22.5 Å². The minimum atomic E-state index is -0.923. The zero-order chi connectivity index (χ0) is 36.0. The fraction of sp³-hybridized carbons (Fsp3) is 0.390. The molecule has 1 aliphatic heterocycles. The number of nitrogens with one attached hydrogen (secondary N) is 1. The minimum absolute atomic E-state index is 0.118. The summed E-state index contributed by atoms with van der Waals surface area (Å²) in [7, 11) is 0. The molecule has 10 heteroatoms. The first-order valence-corrected chi connectivity index (χ1v) is 18.0. The van der Waals surface area contributed by atoms with E-state index in [2.05, 4.69) is 22.2 Å². The number of amides is 2. The first kappa shape index (κ1) is 37.0. The molecule has 0 aliphatic carbocycles. The Balaban J connectivity index is 1.22. The van der Waals surface area contributed by atoms with Crippen molar-refractivity contribution in [2.75, 3.05) is 26.3 Å². The van der Waals surface area contributed by atoms with Crippen LogP contribution in [0.15, 0.2) is 85.2 Å². The Bertz CT molecular complexity index is 1710. The summed E-state index contributed by atoms with van der Waals surface area (Å²) in [5.74, 6) is -0.152. The third-order valence-electron chi connectivity index (χ3n) is 9.05.